The molecule has 0 bridgehead atoms. The Morgan fingerprint density at radius 1 is 1.00 bits per heavy atom. The van der Waals surface area contributed by atoms with E-state index in [0.717, 1.165) is 19.6 Å². The van der Waals surface area contributed by atoms with Crippen molar-refractivity contribution >= 4 is 6.03 Å². The van der Waals surface area contributed by atoms with E-state index in [1.165, 1.54) is 38.8 Å². The van der Waals surface area contributed by atoms with Gasteiger partial charge in [-0.05, 0) is 51.7 Å². The van der Waals surface area contributed by atoms with Gasteiger partial charge in [0.05, 0.1) is 13.2 Å². The quantitative estimate of drug-likeness (QED) is 0.725. The lowest BCUT2D eigenvalue weighted by molar-refractivity contribution is 0.0375. The number of carbonyl (C=O) groups excluding carboxylic acids is 1. The summed E-state index contributed by atoms with van der Waals surface area (Å²) in [5, 5.41) is 0. The first-order valence-corrected chi connectivity index (χ1v) is 8.07. The van der Waals surface area contributed by atoms with Crippen LogP contribution < -0.4 is 0 Å². The first-order valence-electron chi connectivity index (χ1n) is 8.07. The fourth-order valence-corrected chi connectivity index (χ4v) is 3.87. The zero-order chi connectivity index (χ0) is 13.9. The highest BCUT2D eigenvalue weighted by Gasteiger charge is 2.37. The number of hydrogen-bond donors (Lipinski definition) is 0. The van der Waals surface area contributed by atoms with E-state index >= 15 is 0 Å². The molecule has 3 saturated heterocycles. The lowest BCUT2D eigenvalue weighted by Gasteiger charge is -2.39. The standard InChI is InChI=1S/C15H27N3O2/c1-16-7-4-13(5-8-16)14-3-2-6-18(14)15(19)17-9-11-20-12-10-17/h13-14H,2-12H2,1H3/t14-/m0/s1. The molecule has 2 amide bonds. The summed E-state index contributed by atoms with van der Waals surface area (Å²) in [4.78, 5) is 19.3. The summed E-state index contributed by atoms with van der Waals surface area (Å²) in [7, 11) is 2.20. The summed E-state index contributed by atoms with van der Waals surface area (Å²) in [6.07, 6.45) is 4.86. The van der Waals surface area contributed by atoms with Gasteiger partial charge in [-0.25, -0.2) is 4.79 Å². The van der Waals surface area contributed by atoms with E-state index in [1.807, 2.05) is 4.90 Å². The van der Waals surface area contributed by atoms with Gasteiger partial charge in [0, 0.05) is 25.7 Å². The summed E-state index contributed by atoms with van der Waals surface area (Å²) in [6, 6.07) is 0.744. The second-order valence-electron chi connectivity index (χ2n) is 6.43. The van der Waals surface area contributed by atoms with E-state index < -0.39 is 0 Å². The minimum Gasteiger partial charge on any atom is -0.378 e. The van der Waals surface area contributed by atoms with Gasteiger partial charge in [-0.15, -0.1) is 0 Å². The third-order valence-corrected chi connectivity index (χ3v) is 5.13. The average molecular weight is 281 g/mol. The van der Waals surface area contributed by atoms with Crippen LogP contribution in [0.2, 0.25) is 0 Å². The van der Waals surface area contributed by atoms with Crippen LogP contribution in [0.15, 0.2) is 0 Å². The van der Waals surface area contributed by atoms with Crippen molar-refractivity contribution in [1.82, 2.24) is 14.7 Å². The molecule has 3 rings (SSSR count). The number of piperidine rings is 1. The first kappa shape index (κ1) is 14.1. The number of ether oxygens (including phenoxy) is 1. The largest absolute Gasteiger partial charge is 0.378 e. The Bertz CT molecular complexity index is 336. The fourth-order valence-electron chi connectivity index (χ4n) is 3.87. The lowest BCUT2D eigenvalue weighted by atomic mass is 9.88. The number of carbonyl (C=O) groups is 1. The van der Waals surface area contributed by atoms with E-state index in [9.17, 15) is 4.79 Å². The van der Waals surface area contributed by atoms with Crippen molar-refractivity contribution in [1.29, 1.82) is 0 Å². The minimum atomic E-state index is 0.259. The van der Waals surface area contributed by atoms with Crippen LogP contribution >= 0.6 is 0 Å². The number of nitrogens with zero attached hydrogens (tertiary/aromatic N) is 3. The molecule has 114 valence electrons. The fraction of sp³-hybridized carbons (Fsp3) is 0.933. The smallest absolute Gasteiger partial charge is 0.320 e. The van der Waals surface area contributed by atoms with Gasteiger partial charge < -0.3 is 19.4 Å². The highest BCUT2D eigenvalue weighted by Crippen LogP contribution is 2.31. The molecule has 0 saturated carbocycles. The summed E-state index contributed by atoms with van der Waals surface area (Å²) in [5.41, 5.74) is 0. The monoisotopic (exact) mass is 281 g/mol. The van der Waals surface area contributed by atoms with Gasteiger partial charge in [0.15, 0.2) is 0 Å². The Labute approximate surface area is 121 Å². The molecule has 0 unspecified atom stereocenters. The van der Waals surface area contributed by atoms with E-state index in [4.69, 9.17) is 4.74 Å². The van der Waals surface area contributed by atoms with Crippen LogP contribution in [-0.4, -0.2) is 79.8 Å². The molecule has 20 heavy (non-hydrogen) atoms. The molecule has 3 fully saturated rings. The minimum absolute atomic E-state index is 0.259. The van der Waals surface area contributed by atoms with Gasteiger partial charge in [0.2, 0.25) is 0 Å². The maximum absolute atomic E-state index is 12.7. The molecule has 3 heterocycles. The van der Waals surface area contributed by atoms with Crippen LogP contribution in [0.5, 0.6) is 0 Å². The Morgan fingerprint density at radius 3 is 2.40 bits per heavy atom. The highest BCUT2D eigenvalue weighted by atomic mass is 16.5. The van der Waals surface area contributed by atoms with Crippen LogP contribution in [0.1, 0.15) is 25.7 Å². The predicted molar refractivity (Wildman–Crippen MR) is 77.7 cm³/mol. The number of likely N-dealkylation sites (tertiary alicyclic amines) is 2. The van der Waals surface area contributed by atoms with Crippen molar-refractivity contribution in [3.05, 3.63) is 0 Å². The number of rotatable bonds is 1. The molecule has 3 aliphatic rings. The van der Waals surface area contributed by atoms with Gasteiger partial charge in [-0.1, -0.05) is 0 Å². The van der Waals surface area contributed by atoms with Crippen molar-refractivity contribution in [2.45, 2.75) is 31.7 Å². The maximum Gasteiger partial charge on any atom is 0.320 e. The van der Waals surface area contributed by atoms with E-state index in [1.54, 1.807) is 0 Å². The second-order valence-corrected chi connectivity index (χ2v) is 6.43. The summed E-state index contributed by atoms with van der Waals surface area (Å²) in [5.74, 6) is 0.707. The maximum atomic E-state index is 12.7. The molecule has 3 aliphatic heterocycles. The molecule has 0 spiro atoms. The molecule has 0 aromatic rings. The van der Waals surface area contributed by atoms with Crippen molar-refractivity contribution in [2.75, 3.05) is 53.0 Å². The Balaban J connectivity index is 1.61. The molecule has 0 radical (unpaired) electrons. The molecule has 0 aromatic heterocycles. The number of amides is 2. The van der Waals surface area contributed by atoms with E-state index in [2.05, 4.69) is 16.8 Å². The van der Waals surface area contributed by atoms with Crippen molar-refractivity contribution in [3.8, 4) is 0 Å². The third-order valence-electron chi connectivity index (χ3n) is 5.13. The van der Waals surface area contributed by atoms with E-state index in [0.29, 0.717) is 25.2 Å². The average Bonchev–Trinajstić information content (AvgIpc) is 2.97. The van der Waals surface area contributed by atoms with Gasteiger partial charge in [-0.2, -0.15) is 0 Å². The van der Waals surface area contributed by atoms with Crippen molar-refractivity contribution < 1.29 is 9.53 Å². The number of hydrogen-bond acceptors (Lipinski definition) is 3. The van der Waals surface area contributed by atoms with Gasteiger partial charge in [0.1, 0.15) is 0 Å². The molecule has 5 heteroatoms. The SMILES string of the molecule is CN1CCC([C@@H]2CCCN2C(=O)N2CCOCC2)CC1. The highest BCUT2D eigenvalue weighted by molar-refractivity contribution is 5.75. The van der Waals surface area contributed by atoms with Gasteiger partial charge in [-0.3, -0.25) is 0 Å². The number of morpholine rings is 1. The zero-order valence-corrected chi connectivity index (χ0v) is 12.6. The predicted octanol–water partition coefficient (Wildman–Crippen LogP) is 1.24. The van der Waals surface area contributed by atoms with Crippen LogP contribution in [0.25, 0.3) is 0 Å². The van der Waals surface area contributed by atoms with Gasteiger partial charge in [0.25, 0.3) is 0 Å². The van der Waals surface area contributed by atoms with Crippen LogP contribution in [0.3, 0.4) is 0 Å². The van der Waals surface area contributed by atoms with Crippen molar-refractivity contribution in [3.63, 3.8) is 0 Å². The molecule has 0 aliphatic carbocycles. The molecule has 1 atom stereocenters. The van der Waals surface area contributed by atoms with Crippen LogP contribution in [0.4, 0.5) is 4.79 Å². The molecular weight excluding hydrogens is 254 g/mol. The zero-order valence-electron chi connectivity index (χ0n) is 12.6. The Hall–Kier alpha value is -0.810. The summed E-state index contributed by atoms with van der Waals surface area (Å²) >= 11 is 0. The van der Waals surface area contributed by atoms with E-state index in [-0.39, 0.29) is 6.03 Å². The molecule has 5 nitrogen and oxygen atoms in total. The normalized spacial score (nSPS) is 29.9. The second kappa shape index (κ2) is 6.31. The van der Waals surface area contributed by atoms with Gasteiger partial charge >= 0.3 is 6.03 Å². The summed E-state index contributed by atoms with van der Waals surface area (Å²) < 4.78 is 5.35. The lowest BCUT2D eigenvalue weighted by Crippen LogP contribution is -2.52. The number of urea groups is 1. The van der Waals surface area contributed by atoms with Crippen LogP contribution in [0, 0.1) is 5.92 Å². The first-order chi connectivity index (χ1) is 9.75. The molecular formula is C15H27N3O2. The third kappa shape index (κ3) is 2.93. The Morgan fingerprint density at radius 2 is 1.70 bits per heavy atom. The Kier molecular flexibility index (Phi) is 4.46. The van der Waals surface area contributed by atoms with Crippen molar-refractivity contribution in [2.24, 2.45) is 5.92 Å². The summed E-state index contributed by atoms with van der Waals surface area (Å²) in [6.45, 7) is 6.22. The van der Waals surface area contributed by atoms with Crippen LogP contribution in [-0.2, 0) is 4.74 Å². The molecule has 0 N–H and O–H groups in total. The molecule has 0 aromatic carbocycles. The topological polar surface area (TPSA) is 36.0 Å².